The maximum Gasteiger partial charge on any atom is 0.420 e. The van der Waals surface area contributed by atoms with Crippen molar-refractivity contribution in [1.29, 1.82) is 0 Å². The number of carbonyl (C=O) groups excluding carboxylic acids is 2. The highest BCUT2D eigenvalue weighted by atomic mass is 35.5. The number of ether oxygens (including phenoxy) is 1. The summed E-state index contributed by atoms with van der Waals surface area (Å²) in [6, 6.07) is 10.4. The van der Waals surface area contributed by atoms with E-state index < -0.39 is 35.5 Å². The number of urea groups is 1. The summed E-state index contributed by atoms with van der Waals surface area (Å²) >= 11 is 11.9. The summed E-state index contributed by atoms with van der Waals surface area (Å²) in [6.45, 7) is 0. The van der Waals surface area contributed by atoms with E-state index in [0.29, 0.717) is 6.07 Å². The van der Waals surface area contributed by atoms with E-state index >= 15 is 0 Å². The number of amides is 3. The van der Waals surface area contributed by atoms with E-state index in [4.69, 9.17) is 27.9 Å². The van der Waals surface area contributed by atoms with E-state index in [2.05, 4.69) is 15.6 Å². The summed E-state index contributed by atoms with van der Waals surface area (Å²) in [7, 11) is 0. The normalized spacial score (nSPS) is 11.1. The number of nitrogens with zero attached hydrogens (tertiary/aromatic N) is 1. The van der Waals surface area contributed by atoms with Gasteiger partial charge in [-0.2, -0.15) is 22.5 Å². The number of alkyl halides is 3. The van der Waals surface area contributed by atoms with E-state index in [1.165, 1.54) is 30.3 Å². The predicted octanol–water partition coefficient (Wildman–Crippen LogP) is 6.30. The SMILES string of the molecule is O=C(NC(=O)c1ccccc1Cl)Nc1ccc(Oc2ccc(C(F)(F)F)c(F)n2)c(Cl)c1. The predicted molar refractivity (Wildman–Crippen MR) is 109 cm³/mol. The molecule has 0 aliphatic carbocycles. The minimum Gasteiger partial charge on any atom is -0.437 e. The Kier molecular flexibility index (Phi) is 6.85. The zero-order valence-corrected chi connectivity index (χ0v) is 17.1. The molecule has 1 heterocycles. The highest BCUT2D eigenvalue weighted by Crippen LogP contribution is 2.34. The Morgan fingerprint density at radius 3 is 2.31 bits per heavy atom. The molecule has 0 aliphatic heterocycles. The van der Waals surface area contributed by atoms with Gasteiger partial charge in [-0.05, 0) is 36.4 Å². The first-order chi connectivity index (χ1) is 15.0. The molecule has 6 nitrogen and oxygen atoms in total. The molecule has 3 aromatic rings. The lowest BCUT2D eigenvalue weighted by atomic mass is 10.2. The van der Waals surface area contributed by atoms with E-state index in [9.17, 15) is 27.2 Å². The van der Waals surface area contributed by atoms with Crippen LogP contribution < -0.4 is 15.4 Å². The number of benzene rings is 2. The molecule has 0 atom stereocenters. The second-order valence-corrected chi connectivity index (χ2v) is 6.94. The van der Waals surface area contributed by atoms with Crippen LogP contribution in [-0.4, -0.2) is 16.9 Å². The number of hydrogen-bond donors (Lipinski definition) is 2. The zero-order chi connectivity index (χ0) is 23.5. The fourth-order valence-electron chi connectivity index (χ4n) is 2.44. The van der Waals surface area contributed by atoms with Crippen LogP contribution in [0.25, 0.3) is 0 Å². The third kappa shape index (κ3) is 5.65. The Labute approximate surface area is 188 Å². The van der Waals surface area contributed by atoms with Gasteiger partial charge in [0.25, 0.3) is 5.91 Å². The van der Waals surface area contributed by atoms with Crippen molar-refractivity contribution in [2.45, 2.75) is 6.18 Å². The van der Waals surface area contributed by atoms with E-state index in [1.807, 2.05) is 0 Å². The Balaban J connectivity index is 1.66. The van der Waals surface area contributed by atoms with E-state index in [0.717, 1.165) is 6.07 Å². The van der Waals surface area contributed by atoms with Gasteiger partial charge in [-0.1, -0.05) is 35.3 Å². The van der Waals surface area contributed by atoms with Crippen molar-refractivity contribution in [3.05, 3.63) is 81.7 Å². The number of pyridine rings is 1. The van der Waals surface area contributed by atoms with Gasteiger partial charge in [-0.15, -0.1) is 0 Å². The molecule has 0 aliphatic rings. The largest absolute Gasteiger partial charge is 0.437 e. The molecule has 166 valence electrons. The quantitative estimate of drug-likeness (QED) is 0.334. The number of aromatic nitrogens is 1. The van der Waals surface area contributed by atoms with Crippen molar-refractivity contribution < 1.29 is 31.9 Å². The van der Waals surface area contributed by atoms with Gasteiger partial charge >= 0.3 is 12.2 Å². The van der Waals surface area contributed by atoms with Crippen molar-refractivity contribution in [2.75, 3.05) is 5.32 Å². The number of carbonyl (C=O) groups is 2. The molecule has 0 spiro atoms. The first-order valence-corrected chi connectivity index (χ1v) is 9.38. The van der Waals surface area contributed by atoms with Crippen LogP contribution in [0, 0.1) is 5.95 Å². The summed E-state index contributed by atoms with van der Waals surface area (Å²) in [6.07, 6.45) is -4.89. The standard InChI is InChI=1S/C20H11Cl2F4N3O3/c21-13-4-2-1-3-11(13)18(30)29-19(31)27-10-5-7-15(14(22)9-10)32-16-8-6-12(17(23)28-16)20(24,25)26/h1-9H,(H2,27,29,30,31). The number of nitrogens with one attached hydrogen (secondary N) is 2. The summed E-state index contributed by atoms with van der Waals surface area (Å²) in [4.78, 5) is 27.3. The van der Waals surface area contributed by atoms with Crippen LogP contribution >= 0.6 is 23.2 Å². The lowest BCUT2D eigenvalue weighted by molar-refractivity contribution is -0.140. The fourth-order valence-corrected chi connectivity index (χ4v) is 2.88. The lowest BCUT2D eigenvalue weighted by Crippen LogP contribution is -2.34. The van der Waals surface area contributed by atoms with Gasteiger partial charge in [0.1, 0.15) is 11.3 Å². The molecule has 0 bridgehead atoms. The molecule has 3 rings (SSSR count). The van der Waals surface area contributed by atoms with Gasteiger partial charge in [-0.25, -0.2) is 4.79 Å². The van der Waals surface area contributed by atoms with Gasteiger partial charge < -0.3 is 10.1 Å². The molecule has 12 heteroatoms. The Hall–Kier alpha value is -3.37. The van der Waals surface area contributed by atoms with E-state index in [-0.39, 0.29) is 27.0 Å². The second kappa shape index (κ2) is 9.41. The molecule has 0 saturated carbocycles. The van der Waals surface area contributed by atoms with Gasteiger partial charge in [0.15, 0.2) is 0 Å². The molecule has 0 radical (unpaired) electrons. The minimum atomic E-state index is -4.89. The number of anilines is 1. The van der Waals surface area contributed by atoms with Crippen LogP contribution in [0.1, 0.15) is 15.9 Å². The number of halogens is 6. The Bertz CT molecular complexity index is 1190. The molecular formula is C20H11Cl2F4N3O3. The van der Waals surface area contributed by atoms with Crippen LogP contribution in [0.4, 0.5) is 28.0 Å². The van der Waals surface area contributed by atoms with Crippen LogP contribution in [0.2, 0.25) is 10.0 Å². The van der Waals surface area contributed by atoms with Crippen LogP contribution in [0.15, 0.2) is 54.6 Å². The Morgan fingerprint density at radius 2 is 1.69 bits per heavy atom. The van der Waals surface area contributed by atoms with Gasteiger partial charge in [0.05, 0.1) is 15.6 Å². The zero-order valence-electron chi connectivity index (χ0n) is 15.6. The monoisotopic (exact) mass is 487 g/mol. The molecule has 3 amide bonds. The van der Waals surface area contributed by atoms with Crippen molar-refractivity contribution in [1.82, 2.24) is 10.3 Å². The first kappa shape index (κ1) is 23.3. The molecule has 0 unspecified atom stereocenters. The summed E-state index contributed by atoms with van der Waals surface area (Å²) < 4.78 is 56.6. The average Bonchev–Trinajstić information content (AvgIpc) is 2.69. The molecule has 0 fully saturated rings. The molecule has 0 saturated heterocycles. The van der Waals surface area contributed by atoms with Crippen molar-refractivity contribution >= 4 is 40.8 Å². The van der Waals surface area contributed by atoms with Gasteiger partial charge in [0, 0.05) is 11.8 Å². The molecule has 1 aromatic heterocycles. The van der Waals surface area contributed by atoms with Crippen LogP contribution in [0.3, 0.4) is 0 Å². The van der Waals surface area contributed by atoms with Crippen LogP contribution in [0.5, 0.6) is 11.6 Å². The minimum absolute atomic E-state index is 0.0589. The van der Waals surface area contributed by atoms with Crippen molar-refractivity contribution in [3.63, 3.8) is 0 Å². The first-order valence-electron chi connectivity index (χ1n) is 8.62. The van der Waals surface area contributed by atoms with Crippen LogP contribution in [-0.2, 0) is 6.18 Å². The number of imide groups is 1. The number of rotatable bonds is 4. The summed E-state index contributed by atoms with van der Waals surface area (Å²) in [5.74, 6) is -2.99. The van der Waals surface area contributed by atoms with Crippen molar-refractivity contribution in [3.8, 4) is 11.6 Å². The fraction of sp³-hybridized carbons (Fsp3) is 0.0500. The van der Waals surface area contributed by atoms with E-state index in [1.54, 1.807) is 12.1 Å². The highest BCUT2D eigenvalue weighted by Gasteiger charge is 2.35. The topological polar surface area (TPSA) is 80.3 Å². The Morgan fingerprint density at radius 1 is 0.969 bits per heavy atom. The molecular weight excluding hydrogens is 477 g/mol. The third-order valence-electron chi connectivity index (χ3n) is 3.88. The summed E-state index contributed by atoms with van der Waals surface area (Å²) in [5.41, 5.74) is -1.27. The van der Waals surface area contributed by atoms with Gasteiger partial charge in [-0.3, -0.25) is 10.1 Å². The van der Waals surface area contributed by atoms with Gasteiger partial charge in [0.2, 0.25) is 11.8 Å². The molecule has 2 N–H and O–H groups in total. The maximum atomic E-state index is 13.6. The molecule has 32 heavy (non-hydrogen) atoms. The highest BCUT2D eigenvalue weighted by molar-refractivity contribution is 6.34. The number of hydrogen-bond acceptors (Lipinski definition) is 4. The average molecular weight is 488 g/mol. The van der Waals surface area contributed by atoms with Crippen molar-refractivity contribution in [2.24, 2.45) is 0 Å². The smallest absolute Gasteiger partial charge is 0.420 e. The maximum absolute atomic E-state index is 13.6. The second-order valence-electron chi connectivity index (χ2n) is 6.12. The summed E-state index contributed by atoms with van der Waals surface area (Å²) in [5, 5.41) is 4.56. The third-order valence-corrected chi connectivity index (χ3v) is 4.50. The molecule has 2 aromatic carbocycles. The lowest BCUT2D eigenvalue weighted by Gasteiger charge is -2.12.